The molecule has 0 unspecified atom stereocenters. The van der Waals surface area contributed by atoms with Gasteiger partial charge in [0, 0.05) is 27.8 Å². The van der Waals surface area contributed by atoms with Gasteiger partial charge in [0.05, 0.1) is 5.69 Å². The van der Waals surface area contributed by atoms with Crippen molar-refractivity contribution in [3.05, 3.63) is 198 Å². The molecule has 0 amide bonds. The molecule has 0 saturated heterocycles. The van der Waals surface area contributed by atoms with E-state index >= 15 is 0 Å². The van der Waals surface area contributed by atoms with E-state index in [0.717, 1.165) is 11.8 Å². The summed E-state index contributed by atoms with van der Waals surface area (Å²) >= 11 is 0. The van der Waals surface area contributed by atoms with Gasteiger partial charge in [0.15, 0.2) is 0 Å². The summed E-state index contributed by atoms with van der Waals surface area (Å²) in [5.41, 5.74) is 20.3. The fourth-order valence-electron chi connectivity index (χ4n) is 14.0. The molecular formula is C59H49N. The zero-order valence-corrected chi connectivity index (χ0v) is 34.5. The largest absolute Gasteiger partial charge is 0.310 e. The first-order valence-corrected chi connectivity index (χ1v) is 22.4. The van der Waals surface area contributed by atoms with E-state index in [-0.39, 0.29) is 10.8 Å². The summed E-state index contributed by atoms with van der Waals surface area (Å²) in [6.07, 6.45) is 6.96. The van der Waals surface area contributed by atoms with Crippen LogP contribution in [-0.4, -0.2) is 0 Å². The Hall–Kier alpha value is -6.18. The van der Waals surface area contributed by atoms with Gasteiger partial charge < -0.3 is 4.90 Å². The summed E-state index contributed by atoms with van der Waals surface area (Å²) in [6.45, 7) is 4.81. The van der Waals surface area contributed by atoms with Gasteiger partial charge in [-0.25, -0.2) is 0 Å². The molecule has 4 saturated carbocycles. The first-order chi connectivity index (χ1) is 29.5. The molecular weight excluding hydrogens is 723 g/mol. The average Bonchev–Trinajstić information content (AvgIpc) is 3.71. The van der Waals surface area contributed by atoms with E-state index in [4.69, 9.17) is 0 Å². The molecule has 8 aromatic carbocycles. The van der Waals surface area contributed by atoms with Crippen LogP contribution in [0.3, 0.4) is 0 Å². The zero-order chi connectivity index (χ0) is 39.7. The Bertz CT molecular complexity index is 3010. The molecule has 6 aliphatic carbocycles. The first-order valence-electron chi connectivity index (χ1n) is 22.4. The second-order valence-corrected chi connectivity index (χ2v) is 19.3. The minimum absolute atomic E-state index is 0.0830. The maximum absolute atomic E-state index is 2.66. The van der Waals surface area contributed by atoms with E-state index in [9.17, 15) is 0 Å². The molecule has 0 aliphatic heterocycles. The zero-order valence-electron chi connectivity index (χ0n) is 34.5. The van der Waals surface area contributed by atoms with Crippen LogP contribution in [-0.2, 0) is 10.8 Å². The quantitative estimate of drug-likeness (QED) is 0.168. The summed E-state index contributed by atoms with van der Waals surface area (Å²) in [5, 5.41) is 2.53. The van der Waals surface area contributed by atoms with Crippen LogP contribution in [0, 0.1) is 23.7 Å². The van der Waals surface area contributed by atoms with E-state index in [2.05, 4.69) is 195 Å². The summed E-state index contributed by atoms with van der Waals surface area (Å²) in [5.74, 6) is 3.22. The minimum Gasteiger partial charge on any atom is -0.310 e. The first kappa shape index (κ1) is 34.7. The van der Waals surface area contributed by atoms with E-state index in [1.807, 2.05) is 0 Å². The Morgan fingerprint density at radius 2 is 1.03 bits per heavy atom. The Morgan fingerprint density at radius 3 is 1.83 bits per heavy atom. The van der Waals surface area contributed by atoms with Crippen molar-refractivity contribution in [1.29, 1.82) is 0 Å². The topological polar surface area (TPSA) is 3.24 Å². The monoisotopic (exact) mass is 771 g/mol. The number of anilines is 3. The van der Waals surface area contributed by atoms with Crippen molar-refractivity contribution >= 4 is 27.8 Å². The van der Waals surface area contributed by atoms with Crippen molar-refractivity contribution in [1.82, 2.24) is 0 Å². The van der Waals surface area contributed by atoms with Gasteiger partial charge in [0.25, 0.3) is 0 Å². The summed E-state index contributed by atoms with van der Waals surface area (Å²) in [6, 6.07) is 67.2. The number of fused-ring (bicyclic) bond motifs is 7. The molecule has 60 heavy (non-hydrogen) atoms. The highest BCUT2D eigenvalue weighted by Crippen LogP contribution is 2.69. The number of benzene rings is 8. The van der Waals surface area contributed by atoms with Crippen LogP contribution in [0.5, 0.6) is 0 Å². The lowest BCUT2D eigenvalue weighted by Crippen LogP contribution is -2.55. The van der Waals surface area contributed by atoms with Gasteiger partial charge in [-0.1, -0.05) is 159 Å². The van der Waals surface area contributed by atoms with Gasteiger partial charge in [0.1, 0.15) is 0 Å². The number of nitrogens with zero attached hydrogens (tertiary/aromatic N) is 1. The van der Waals surface area contributed by atoms with E-state index in [1.54, 1.807) is 11.1 Å². The minimum atomic E-state index is -0.112. The lowest BCUT2D eigenvalue weighted by molar-refractivity contribution is -0.0399. The Morgan fingerprint density at radius 1 is 0.433 bits per heavy atom. The highest BCUT2D eigenvalue weighted by Gasteiger charge is 2.61. The molecule has 1 nitrogen and oxygen atoms in total. The van der Waals surface area contributed by atoms with Gasteiger partial charge in [-0.05, 0) is 158 Å². The maximum atomic E-state index is 2.66. The predicted molar refractivity (Wildman–Crippen MR) is 250 cm³/mol. The normalized spacial score (nSPS) is 23.4. The highest BCUT2D eigenvalue weighted by atomic mass is 15.1. The summed E-state index contributed by atoms with van der Waals surface area (Å²) in [4.78, 5) is 2.61. The number of rotatable bonds is 5. The molecule has 14 rings (SSSR count). The van der Waals surface area contributed by atoms with Crippen LogP contribution in [0.25, 0.3) is 55.3 Å². The van der Waals surface area contributed by atoms with Crippen LogP contribution < -0.4 is 4.90 Å². The second kappa shape index (κ2) is 12.7. The standard InChI is InChI=1S/C59H49N/c1-58(2)52-24-10-8-21-49(52)51-23-13-22-47(57(51)58)41-17-12-18-44(35-41)60(55-29-26-39-14-6-7-19-46(39)56(55)40-15-4-3-5-16-40)45-27-28-50-48-20-9-11-25-53(48)59(54(50)36-45)42-31-37-30-38(33-42)34-43(59)32-37/h3-29,35-38,42-43H,30-34H2,1-2H3. The molecule has 290 valence electrons. The van der Waals surface area contributed by atoms with Crippen LogP contribution in [0.4, 0.5) is 17.1 Å². The maximum Gasteiger partial charge on any atom is 0.0546 e. The van der Waals surface area contributed by atoms with Crippen LogP contribution >= 0.6 is 0 Å². The van der Waals surface area contributed by atoms with Crippen molar-refractivity contribution < 1.29 is 0 Å². The molecule has 4 bridgehead atoms. The van der Waals surface area contributed by atoms with Gasteiger partial charge in [-0.15, -0.1) is 0 Å². The van der Waals surface area contributed by atoms with Crippen molar-refractivity contribution in [2.24, 2.45) is 23.7 Å². The average molecular weight is 772 g/mol. The fourth-order valence-corrected chi connectivity index (χ4v) is 14.0. The van der Waals surface area contributed by atoms with Crippen molar-refractivity contribution in [3.63, 3.8) is 0 Å². The molecule has 0 aromatic heterocycles. The summed E-state index contributed by atoms with van der Waals surface area (Å²) < 4.78 is 0. The van der Waals surface area contributed by atoms with Gasteiger partial charge >= 0.3 is 0 Å². The molecule has 0 N–H and O–H groups in total. The number of hydrogen-bond donors (Lipinski definition) is 0. The third kappa shape index (κ3) is 4.70. The third-order valence-corrected chi connectivity index (χ3v) is 16.0. The molecule has 0 atom stereocenters. The molecule has 8 aromatic rings. The Labute approximate surface area is 354 Å². The van der Waals surface area contributed by atoms with E-state index < -0.39 is 0 Å². The lowest BCUT2D eigenvalue weighted by Gasteiger charge is -2.61. The highest BCUT2D eigenvalue weighted by molar-refractivity contribution is 6.06. The molecule has 6 aliphatic rings. The molecule has 4 fully saturated rings. The van der Waals surface area contributed by atoms with Crippen molar-refractivity contribution in [2.45, 2.75) is 56.8 Å². The van der Waals surface area contributed by atoms with E-state index in [0.29, 0.717) is 11.8 Å². The summed E-state index contributed by atoms with van der Waals surface area (Å²) in [7, 11) is 0. The lowest BCUT2D eigenvalue weighted by atomic mass is 9.43. The van der Waals surface area contributed by atoms with Crippen LogP contribution in [0.15, 0.2) is 176 Å². The number of hydrogen-bond acceptors (Lipinski definition) is 1. The van der Waals surface area contributed by atoms with Gasteiger partial charge in [0.2, 0.25) is 0 Å². The SMILES string of the molecule is CC1(C)c2ccccc2-c2cccc(-c3cccc(N(c4ccc5c(c4)C4(c6ccccc6-5)C5CC6CC(C5)CC4C6)c4ccc5ccccc5c4-c4ccccc4)c3)c21. The van der Waals surface area contributed by atoms with Crippen molar-refractivity contribution in [2.75, 3.05) is 4.90 Å². The fraction of sp³-hybridized carbons (Fsp3) is 0.220. The Balaban J connectivity index is 1.06. The molecule has 0 heterocycles. The molecule has 1 heteroatoms. The smallest absolute Gasteiger partial charge is 0.0546 e. The third-order valence-electron chi connectivity index (χ3n) is 16.0. The van der Waals surface area contributed by atoms with Crippen LogP contribution in [0.1, 0.15) is 68.2 Å². The van der Waals surface area contributed by atoms with Crippen LogP contribution in [0.2, 0.25) is 0 Å². The predicted octanol–water partition coefficient (Wildman–Crippen LogP) is 15.7. The van der Waals surface area contributed by atoms with Crippen molar-refractivity contribution in [3.8, 4) is 44.5 Å². The van der Waals surface area contributed by atoms with Gasteiger partial charge in [-0.3, -0.25) is 0 Å². The Kier molecular flexibility index (Phi) is 7.32. The van der Waals surface area contributed by atoms with Gasteiger partial charge in [-0.2, -0.15) is 0 Å². The molecule has 0 radical (unpaired) electrons. The van der Waals surface area contributed by atoms with E-state index in [1.165, 1.54) is 116 Å². The second-order valence-electron chi connectivity index (χ2n) is 19.3. The molecule has 1 spiro atoms.